The first kappa shape index (κ1) is 11.6. The zero-order chi connectivity index (χ0) is 12.3. The number of hydrogen-bond acceptors (Lipinski definition) is 4. The molecule has 0 aliphatic rings. The fourth-order valence-corrected chi connectivity index (χ4v) is 2.39. The van der Waals surface area contributed by atoms with Crippen LogP contribution in [0.3, 0.4) is 0 Å². The molecule has 0 fully saturated rings. The number of carboxylic acids is 1. The molecule has 0 saturated heterocycles. The molecular formula is C12H11NO3S. The summed E-state index contributed by atoms with van der Waals surface area (Å²) >= 11 is 1.61. The van der Waals surface area contributed by atoms with E-state index in [0.717, 1.165) is 10.3 Å². The second kappa shape index (κ2) is 4.97. The van der Waals surface area contributed by atoms with E-state index in [1.807, 2.05) is 30.3 Å². The van der Waals surface area contributed by atoms with Crippen LogP contribution in [0, 0.1) is 0 Å². The zero-order valence-corrected chi connectivity index (χ0v) is 10.0. The molecule has 1 heterocycles. The molecular weight excluding hydrogens is 238 g/mol. The standard InChI is InChI=1S/C12H11NO3S/c1-8(13-16-7-12(14)15)11-6-9-4-2-3-5-10(9)17-11/h2-6H,7H2,1H3,(H,14,15)/b13-8-. The Morgan fingerprint density at radius 2 is 2.24 bits per heavy atom. The molecule has 0 amide bonds. The largest absolute Gasteiger partial charge is 0.479 e. The maximum atomic E-state index is 10.3. The SMILES string of the molecule is C/C(=N/OCC(=O)O)c1cc2ccccc2s1. The summed E-state index contributed by atoms with van der Waals surface area (Å²) in [5.74, 6) is -1.03. The molecule has 1 aromatic carbocycles. The van der Waals surface area contributed by atoms with E-state index in [2.05, 4.69) is 5.16 Å². The number of thiophene rings is 1. The summed E-state index contributed by atoms with van der Waals surface area (Å²) in [6.07, 6.45) is 0. The van der Waals surface area contributed by atoms with Gasteiger partial charge in [-0.15, -0.1) is 11.3 Å². The van der Waals surface area contributed by atoms with Crippen LogP contribution in [0.1, 0.15) is 11.8 Å². The van der Waals surface area contributed by atoms with Gasteiger partial charge in [-0.3, -0.25) is 0 Å². The lowest BCUT2D eigenvalue weighted by atomic mass is 10.2. The van der Waals surface area contributed by atoms with Crippen molar-refractivity contribution in [2.45, 2.75) is 6.92 Å². The van der Waals surface area contributed by atoms with Gasteiger partial charge in [0, 0.05) is 4.70 Å². The first-order valence-electron chi connectivity index (χ1n) is 5.04. The van der Waals surface area contributed by atoms with E-state index in [1.165, 1.54) is 4.70 Å². The normalized spacial score (nSPS) is 11.7. The predicted molar refractivity (Wildman–Crippen MR) is 67.6 cm³/mol. The van der Waals surface area contributed by atoms with E-state index in [0.29, 0.717) is 5.71 Å². The molecule has 2 aromatic rings. The molecule has 5 heteroatoms. The summed E-state index contributed by atoms with van der Waals surface area (Å²) in [5, 5.41) is 13.3. The van der Waals surface area contributed by atoms with Crippen molar-refractivity contribution in [3.8, 4) is 0 Å². The van der Waals surface area contributed by atoms with Crippen LogP contribution in [0.5, 0.6) is 0 Å². The van der Waals surface area contributed by atoms with Crippen LogP contribution in [-0.2, 0) is 9.63 Å². The van der Waals surface area contributed by atoms with Gasteiger partial charge >= 0.3 is 5.97 Å². The van der Waals surface area contributed by atoms with Gasteiger partial charge < -0.3 is 9.94 Å². The summed E-state index contributed by atoms with van der Waals surface area (Å²) in [6, 6.07) is 10.0. The maximum absolute atomic E-state index is 10.3. The number of benzene rings is 1. The molecule has 17 heavy (non-hydrogen) atoms. The highest BCUT2D eigenvalue weighted by atomic mass is 32.1. The molecule has 0 spiro atoms. The fourth-order valence-electron chi connectivity index (χ4n) is 1.39. The molecule has 0 aliphatic carbocycles. The quantitative estimate of drug-likeness (QED) is 0.669. The second-order valence-electron chi connectivity index (χ2n) is 3.49. The minimum absolute atomic E-state index is 0.414. The van der Waals surface area contributed by atoms with Gasteiger partial charge in [-0.05, 0) is 24.4 Å². The molecule has 1 aromatic heterocycles. The Morgan fingerprint density at radius 3 is 2.94 bits per heavy atom. The van der Waals surface area contributed by atoms with Gasteiger partial charge in [0.25, 0.3) is 0 Å². The molecule has 4 nitrogen and oxygen atoms in total. The van der Waals surface area contributed by atoms with Crippen LogP contribution in [0.2, 0.25) is 0 Å². The highest BCUT2D eigenvalue weighted by Crippen LogP contribution is 2.25. The van der Waals surface area contributed by atoms with E-state index in [9.17, 15) is 4.79 Å². The number of carboxylic acid groups (broad SMARTS) is 1. The van der Waals surface area contributed by atoms with Crippen molar-refractivity contribution in [2.75, 3.05) is 6.61 Å². The van der Waals surface area contributed by atoms with Crippen LogP contribution < -0.4 is 0 Å². The second-order valence-corrected chi connectivity index (χ2v) is 4.58. The average molecular weight is 249 g/mol. The van der Waals surface area contributed by atoms with Crippen LogP contribution in [0.15, 0.2) is 35.5 Å². The van der Waals surface area contributed by atoms with Crippen LogP contribution in [0.25, 0.3) is 10.1 Å². The first-order valence-corrected chi connectivity index (χ1v) is 5.86. The van der Waals surface area contributed by atoms with Crippen molar-refractivity contribution in [1.82, 2.24) is 0 Å². The molecule has 1 N–H and O–H groups in total. The third-order valence-corrected chi connectivity index (χ3v) is 3.40. The number of rotatable bonds is 4. The van der Waals surface area contributed by atoms with Gasteiger partial charge in [0.15, 0.2) is 0 Å². The number of carbonyl (C=O) groups is 1. The lowest BCUT2D eigenvalue weighted by Crippen LogP contribution is -2.04. The molecule has 0 saturated carbocycles. The van der Waals surface area contributed by atoms with Gasteiger partial charge in [0.05, 0.1) is 10.6 Å². The summed E-state index contributed by atoms with van der Waals surface area (Å²) in [6.45, 7) is 1.38. The minimum Gasteiger partial charge on any atom is -0.479 e. The Labute approximate surface area is 102 Å². The number of hydrogen-bond donors (Lipinski definition) is 1. The third kappa shape index (κ3) is 2.82. The highest BCUT2D eigenvalue weighted by molar-refractivity contribution is 7.20. The van der Waals surface area contributed by atoms with Crippen molar-refractivity contribution >= 4 is 33.1 Å². The van der Waals surface area contributed by atoms with Crippen molar-refractivity contribution < 1.29 is 14.7 Å². The van der Waals surface area contributed by atoms with E-state index in [4.69, 9.17) is 9.94 Å². The molecule has 2 rings (SSSR count). The van der Waals surface area contributed by atoms with Crippen molar-refractivity contribution in [3.05, 3.63) is 35.2 Å². The smallest absolute Gasteiger partial charge is 0.344 e. The minimum atomic E-state index is -1.03. The molecule has 0 bridgehead atoms. The van der Waals surface area contributed by atoms with E-state index in [-0.39, 0.29) is 0 Å². The van der Waals surface area contributed by atoms with Crippen LogP contribution in [-0.4, -0.2) is 23.4 Å². The Bertz CT molecular complexity index is 541. The van der Waals surface area contributed by atoms with E-state index < -0.39 is 12.6 Å². The Hall–Kier alpha value is -1.88. The van der Waals surface area contributed by atoms with Crippen molar-refractivity contribution in [3.63, 3.8) is 0 Å². The summed E-state index contributed by atoms with van der Waals surface area (Å²) in [7, 11) is 0. The summed E-state index contributed by atoms with van der Waals surface area (Å²) in [5.41, 5.74) is 0.687. The summed E-state index contributed by atoms with van der Waals surface area (Å²) < 4.78 is 1.18. The lowest BCUT2D eigenvalue weighted by molar-refractivity contribution is -0.142. The fraction of sp³-hybridized carbons (Fsp3) is 0.167. The molecule has 88 valence electrons. The van der Waals surface area contributed by atoms with Crippen molar-refractivity contribution in [2.24, 2.45) is 5.16 Å². The molecule has 0 atom stereocenters. The highest BCUT2D eigenvalue weighted by Gasteiger charge is 2.04. The zero-order valence-electron chi connectivity index (χ0n) is 9.21. The van der Waals surface area contributed by atoms with Gasteiger partial charge in [0.2, 0.25) is 6.61 Å². The van der Waals surface area contributed by atoms with Crippen LogP contribution in [0.4, 0.5) is 0 Å². The molecule has 0 aliphatic heterocycles. The molecule has 0 unspecified atom stereocenters. The predicted octanol–water partition coefficient (Wildman–Crippen LogP) is 2.73. The number of oxime groups is 1. The number of fused-ring (bicyclic) bond motifs is 1. The lowest BCUT2D eigenvalue weighted by Gasteiger charge is -1.96. The van der Waals surface area contributed by atoms with Crippen molar-refractivity contribution in [1.29, 1.82) is 0 Å². The van der Waals surface area contributed by atoms with Gasteiger partial charge in [-0.2, -0.15) is 0 Å². The molecule has 0 radical (unpaired) electrons. The number of nitrogens with zero attached hydrogens (tertiary/aromatic N) is 1. The topological polar surface area (TPSA) is 58.9 Å². The Kier molecular flexibility index (Phi) is 3.39. The van der Waals surface area contributed by atoms with Gasteiger partial charge in [0.1, 0.15) is 0 Å². The van der Waals surface area contributed by atoms with Gasteiger partial charge in [-0.25, -0.2) is 4.79 Å². The Balaban J connectivity index is 2.18. The third-order valence-electron chi connectivity index (χ3n) is 2.17. The number of aliphatic carboxylic acids is 1. The van der Waals surface area contributed by atoms with Gasteiger partial charge in [-0.1, -0.05) is 23.4 Å². The first-order chi connectivity index (χ1) is 8.16. The maximum Gasteiger partial charge on any atom is 0.344 e. The average Bonchev–Trinajstić information content (AvgIpc) is 2.71. The van der Waals surface area contributed by atoms with E-state index in [1.54, 1.807) is 18.3 Å². The van der Waals surface area contributed by atoms with Crippen LogP contribution >= 0.6 is 11.3 Å². The summed E-state index contributed by atoms with van der Waals surface area (Å²) in [4.78, 5) is 16.0. The Morgan fingerprint density at radius 1 is 1.47 bits per heavy atom. The monoisotopic (exact) mass is 249 g/mol. The van der Waals surface area contributed by atoms with E-state index >= 15 is 0 Å².